The van der Waals surface area contributed by atoms with E-state index in [1.54, 1.807) is 47.4 Å². The molecule has 0 atom stereocenters. The quantitative estimate of drug-likeness (QED) is 0.465. The van der Waals surface area contributed by atoms with Crippen molar-refractivity contribution in [2.45, 2.75) is 32.9 Å². The molecule has 1 aromatic carbocycles. The number of hydrogen-bond donors (Lipinski definition) is 1. The van der Waals surface area contributed by atoms with E-state index in [2.05, 4.69) is 12.2 Å². The number of unbranched alkanes of at least 4 members (excludes halogenated alkanes) is 1. The number of aryl methyl sites for hydroxylation is 1. The van der Waals surface area contributed by atoms with Crippen LogP contribution in [0.2, 0.25) is 0 Å². The van der Waals surface area contributed by atoms with Crippen molar-refractivity contribution in [3.05, 3.63) is 72.4 Å². The maximum absolute atomic E-state index is 13.4. The van der Waals surface area contributed by atoms with Gasteiger partial charge in [-0.15, -0.1) is 0 Å². The molecule has 8 heteroatoms. The Hall–Kier alpha value is -3.68. The highest BCUT2D eigenvalue weighted by molar-refractivity contribution is 5.92. The first kappa shape index (κ1) is 24.0. The van der Waals surface area contributed by atoms with Gasteiger partial charge in [0, 0.05) is 37.2 Å². The number of rotatable bonds is 11. The van der Waals surface area contributed by atoms with Crippen molar-refractivity contribution in [3.8, 4) is 5.75 Å². The molecule has 0 bridgehead atoms. The second-order valence-corrected chi connectivity index (χ2v) is 7.88. The zero-order chi connectivity index (χ0) is 23.6. The molecule has 2 aromatic heterocycles. The minimum Gasteiger partial charge on any atom is -0.497 e. The lowest BCUT2D eigenvalue weighted by Gasteiger charge is -2.27. The number of furan rings is 1. The Bertz CT molecular complexity index is 1030. The number of aromatic nitrogens is 1. The van der Waals surface area contributed by atoms with Crippen LogP contribution in [-0.4, -0.2) is 46.5 Å². The Balaban J connectivity index is 1.74. The van der Waals surface area contributed by atoms with Crippen molar-refractivity contribution in [3.63, 3.8) is 0 Å². The number of nitrogens with one attached hydrogen (secondary N) is 1. The Morgan fingerprint density at radius 2 is 1.94 bits per heavy atom. The molecule has 3 aromatic rings. The molecule has 8 nitrogen and oxygen atoms in total. The number of ether oxygens (including phenoxy) is 1. The second kappa shape index (κ2) is 11.8. The van der Waals surface area contributed by atoms with Gasteiger partial charge in [0.05, 0.1) is 26.5 Å². The molecule has 0 aliphatic rings. The van der Waals surface area contributed by atoms with Crippen LogP contribution in [0.25, 0.3) is 0 Å². The maximum atomic E-state index is 13.4. The molecule has 2 heterocycles. The van der Waals surface area contributed by atoms with Crippen LogP contribution in [0, 0.1) is 0 Å². The number of urea groups is 1. The van der Waals surface area contributed by atoms with Crippen LogP contribution >= 0.6 is 0 Å². The van der Waals surface area contributed by atoms with Gasteiger partial charge in [-0.3, -0.25) is 4.79 Å². The molecule has 0 aliphatic carbocycles. The Kier molecular flexibility index (Phi) is 8.57. The van der Waals surface area contributed by atoms with Crippen molar-refractivity contribution in [1.29, 1.82) is 0 Å². The summed E-state index contributed by atoms with van der Waals surface area (Å²) < 4.78 is 12.7. The molecule has 0 fully saturated rings. The normalized spacial score (nSPS) is 10.6. The molecular formula is C25H32N4O4. The van der Waals surface area contributed by atoms with Crippen molar-refractivity contribution < 1.29 is 18.7 Å². The van der Waals surface area contributed by atoms with Gasteiger partial charge >= 0.3 is 6.03 Å². The molecule has 0 aliphatic heterocycles. The topological polar surface area (TPSA) is 80.0 Å². The number of benzene rings is 1. The Labute approximate surface area is 194 Å². The maximum Gasteiger partial charge on any atom is 0.322 e. The highest BCUT2D eigenvalue weighted by Gasteiger charge is 2.23. The van der Waals surface area contributed by atoms with E-state index in [1.165, 1.54) is 0 Å². The van der Waals surface area contributed by atoms with E-state index in [0.717, 1.165) is 18.5 Å². The lowest BCUT2D eigenvalue weighted by atomic mass is 10.2. The van der Waals surface area contributed by atoms with E-state index >= 15 is 0 Å². The van der Waals surface area contributed by atoms with Crippen molar-refractivity contribution in [1.82, 2.24) is 14.4 Å². The van der Waals surface area contributed by atoms with Crippen LogP contribution in [0.5, 0.6) is 5.75 Å². The molecule has 3 amide bonds. The van der Waals surface area contributed by atoms with E-state index in [0.29, 0.717) is 36.8 Å². The summed E-state index contributed by atoms with van der Waals surface area (Å²) in [6, 6.07) is 14.4. The molecule has 1 N–H and O–H groups in total. The van der Waals surface area contributed by atoms with E-state index < -0.39 is 0 Å². The fraction of sp³-hybridized carbons (Fsp3) is 0.360. The van der Waals surface area contributed by atoms with Gasteiger partial charge in [0.25, 0.3) is 0 Å². The summed E-state index contributed by atoms with van der Waals surface area (Å²) in [5, 5.41) is 2.88. The van der Waals surface area contributed by atoms with Crippen LogP contribution in [0.1, 0.15) is 31.2 Å². The van der Waals surface area contributed by atoms with Crippen LogP contribution in [-0.2, 0) is 24.9 Å². The fourth-order valence-corrected chi connectivity index (χ4v) is 3.45. The largest absolute Gasteiger partial charge is 0.497 e. The van der Waals surface area contributed by atoms with Gasteiger partial charge in [-0.1, -0.05) is 19.4 Å². The molecule has 0 saturated heterocycles. The molecule has 0 spiro atoms. The van der Waals surface area contributed by atoms with E-state index in [4.69, 9.17) is 9.15 Å². The van der Waals surface area contributed by atoms with Gasteiger partial charge in [0.1, 0.15) is 18.1 Å². The summed E-state index contributed by atoms with van der Waals surface area (Å²) in [6.45, 7) is 3.26. The Morgan fingerprint density at radius 3 is 2.61 bits per heavy atom. The third-order valence-electron chi connectivity index (χ3n) is 5.40. The number of carbonyl (C=O) groups is 2. The SMILES string of the molecule is CCCCN(CC(=O)N(Cc1ccco1)Cc1cccn1C)C(=O)Nc1cccc(OC)c1. The fourth-order valence-electron chi connectivity index (χ4n) is 3.45. The van der Waals surface area contributed by atoms with Gasteiger partial charge in [-0.25, -0.2) is 4.79 Å². The molecule has 0 saturated carbocycles. The number of hydrogen-bond acceptors (Lipinski definition) is 4. The van der Waals surface area contributed by atoms with Crippen LogP contribution in [0.3, 0.4) is 0 Å². The lowest BCUT2D eigenvalue weighted by Crippen LogP contribution is -2.44. The zero-order valence-electron chi connectivity index (χ0n) is 19.5. The first-order valence-electron chi connectivity index (χ1n) is 11.1. The highest BCUT2D eigenvalue weighted by atomic mass is 16.5. The molecule has 0 unspecified atom stereocenters. The van der Waals surface area contributed by atoms with Crippen molar-refractivity contribution in [2.75, 3.05) is 25.5 Å². The lowest BCUT2D eigenvalue weighted by molar-refractivity contribution is -0.133. The summed E-state index contributed by atoms with van der Waals surface area (Å²) in [7, 11) is 3.52. The van der Waals surface area contributed by atoms with Crippen LogP contribution in [0.4, 0.5) is 10.5 Å². The standard InChI is InChI=1S/C25H32N4O4/c1-4-5-14-28(25(31)26-20-9-6-11-22(16-20)32-3)19-24(30)29(18-23-12-8-15-33-23)17-21-10-7-13-27(21)2/h6-13,15-16H,4-5,14,17-19H2,1-3H3,(H,26,31). The van der Waals surface area contributed by atoms with Gasteiger partial charge in [0.2, 0.25) is 5.91 Å². The predicted molar refractivity (Wildman–Crippen MR) is 127 cm³/mol. The number of nitrogens with zero attached hydrogens (tertiary/aromatic N) is 3. The number of carbonyl (C=O) groups excluding carboxylic acids is 2. The molecule has 3 rings (SSSR count). The molecular weight excluding hydrogens is 420 g/mol. The average Bonchev–Trinajstić information content (AvgIpc) is 3.47. The van der Waals surface area contributed by atoms with Gasteiger partial charge in [-0.05, 0) is 42.8 Å². The second-order valence-electron chi connectivity index (χ2n) is 7.88. The third kappa shape index (κ3) is 6.90. The highest BCUT2D eigenvalue weighted by Crippen LogP contribution is 2.18. The Morgan fingerprint density at radius 1 is 1.09 bits per heavy atom. The monoisotopic (exact) mass is 452 g/mol. The van der Waals surface area contributed by atoms with E-state index in [9.17, 15) is 9.59 Å². The number of anilines is 1. The molecule has 0 radical (unpaired) electrons. The van der Waals surface area contributed by atoms with Gasteiger partial charge in [0.15, 0.2) is 0 Å². The summed E-state index contributed by atoms with van der Waals surface area (Å²) >= 11 is 0. The number of amides is 3. The van der Waals surface area contributed by atoms with Gasteiger partial charge < -0.3 is 28.8 Å². The van der Waals surface area contributed by atoms with E-state index in [-0.39, 0.29) is 18.5 Å². The summed E-state index contributed by atoms with van der Waals surface area (Å²) in [6.07, 6.45) is 5.25. The smallest absolute Gasteiger partial charge is 0.322 e. The minimum absolute atomic E-state index is 0.0269. The summed E-state index contributed by atoms with van der Waals surface area (Å²) in [5.41, 5.74) is 1.61. The average molecular weight is 453 g/mol. The van der Waals surface area contributed by atoms with Crippen LogP contribution in [0.15, 0.2) is 65.4 Å². The van der Waals surface area contributed by atoms with E-state index in [1.807, 2.05) is 42.1 Å². The van der Waals surface area contributed by atoms with Crippen molar-refractivity contribution in [2.24, 2.45) is 7.05 Å². The summed E-state index contributed by atoms with van der Waals surface area (Å²) in [4.78, 5) is 29.7. The molecule has 33 heavy (non-hydrogen) atoms. The zero-order valence-corrected chi connectivity index (χ0v) is 19.5. The van der Waals surface area contributed by atoms with Crippen molar-refractivity contribution >= 4 is 17.6 Å². The first-order chi connectivity index (χ1) is 16.0. The predicted octanol–water partition coefficient (Wildman–Crippen LogP) is 4.49. The minimum atomic E-state index is -0.318. The number of methoxy groups -OCH3 is 1. The van der Waals surface area contributed by atoms with Gasteiger partial charge in [-0.2, -0.15) is 0 Å². The first-order valence-corrected chi connectivity index (χ1v) is 11.1. The molecule has 176 valence electrons. The van der Waals surface area contributed by atoms with Crippen LogP contribution < -0.4 is 10.1 Å². The summed E-state index contributed by atoms with van der Waals surface area (Å²) in [5.74, 6) is 1.19. The third-order valence-corrected chi connectivity index (χ3v) is 5.40.